The van der Waals surface area contributed by atoms with Crippen LogP contribution < -0.4 is 15.4 Å². The van der Waals surface area contributed by atoms with E-state index in [2.05, 4.69) is 34.6 Å². The summed E-state index contributed by atoms with van der Waals surface area (Å²) in [6.45, 7) is 7.97. The topological polar surface area (TPSA) is 71.7 Å². The Morgan fingerprint density at radius 1 is 1.29 bits per heavy atom. The van der Waals surface area contributed by atoms with Crippen molar-refractivity contribution in [3.8, 4) is 5.75 Å². The molecule has 0 aliphatic heterocycles. The summed E-state index contributed by atoms with van der Waals surface area (Å²) in [6, 6.07) is 9.97. The van der Waals surface area contributed by atoms with Crippen LogP contribution in [0.25, 0.3) is 0 Å². The van der Waals surface area contributed by atoms with Gasteiger partial charge in [0.25, 0.3) is 0 Å². The van der Waals surface area contributed by atoms with Gasteiger partial charge in [-0.3, -0.25) is 4.99 Å². The van der Waals surface area contributed by atoms with Gasteiger partial charge in [0.2, 0.25) is 0 Å². The summed E-state index contributed by atoms with van der Waals surface area (Å²) in [7, 11) is 1.73. The van der Waals surface area contributed by atoms with Crippen molar-refractivity contribution in [2.75, 3.05) is 20.2 Å². The largest absolute Gasteiger partial charge is 0.492 e. The van der Waals surface area contributed by atoms with Crippen LogP contribution in [-0.2, 0) is 6.54 Å². The van der Waals surface area contributed by atoms with Crippen LogP contribution in [-0.4, -0.2) is 31.3 Å². The fourth-order valence-electron chi connectivity index (χ4n) is 2.12. The van der Waals surface area contributed by atoms with Crippen molar-refractivity contribution in [1.29, 1.82) is 0 Å². The van der Waals surface area contributed by atoms with Crippen molar-refractivity contribution < 1.29 is 9.26 Å². The summed E-state index contributed by atoms with van der Waals surface area (Å²) in [4.78, 5) is 4.18. The molecule has 0 saturated carbocycles. The highest BCUT2D eigenvalue weighted by atomic mass is 16.5. The summed E-state index contributed by atoms with van der Waals surface area (Å²) < 4.78 is 11.0. The van der Waals surface area contributed by atoms with Crippen molar-refractivity contribution >= 4 is 5.96 Å². The highest BCUT2D eigenvalue weighted by Gasteiger charge is 2.08. The van der Waals surface area contributed by atoms with E-state index in [1.165, 1.54) is 5.56 Å². The van der Waals surface area contributed by atoms with E-state index in [4.69, 9.17) is 9.26 Å². The fraction of sp³-hybridized carbons (Fsp3) is 0.444. The zero-order valence-electron chi connectivity index (χ0n) is 14.8. The number of aliphatic imine (C=N–C) groups is 1. The minimum atomic E-state index is 0.360. The van der Waals surface area contributed by atoms with Crippen molar-refractivity contribution in [3.63, 3.8) is 0 Å². The molecule has 2 aromatic rings. The molecule has 0 radical (unpaired) electrons. The molecule has 1 heterocycles. The van der Waals surface area contributed by atoms with Crippen LogP contribution in [0.5, 0.6) is 5.75 Å². The first-order valence-corrected chi connectivity index (χ1v) is 8.18. The molecule has 0 unspecified atom stereocenters. The van der Waals surface area contributed by atoms with Gasteiger partial charge in [0.05, 0.1) is 18.8 Å². The Balaban J connectivity index is 1.70. The Bertz CT molecular complexity index is 665. The average molecular weight is 330 g/mol. The van der Waals surface area contributed by atoms with Crippen LogP contribution in [0.15, 0.2) is 39.8 Å². The van der Waals surface area contributed by atoms with E-state index in [-0.39, 0.29) is 0 Å². The molecule has 0 fully saturated rings. The van der Waals surface area contributed by atoms with E-state index in [0.717, 1.165) is 17.2 Å². The number of nitrogens with zero attached hydrogens (tertiary/aromatic N) is 2. The van der Waals surface area contributed by atoms with Crippen LogP contribution in [0, 0.1) is 6.92 Å². The minimum Gasteiger partial charge on any atom is -0.492 e. The first kappa shape index (κ1) is 17.8. The molecule has 6 nitrogen and oxygen atoms in total. The molecule has 0 aliphatic rings. The smallest absolute Gasteiger partial charge is 0.191 e. The molecular weight excluding hydrogens is 304 g/mol. The molecule has 1 aromatic carbocycles. The summed E-state index contributed by atoms with van der Waals surface area (Å²) >= 11 is 0. The highest BCUT2D eigenvalue weighted by molar-refractivity contribution is 5.79. The van der Waals surface area contributed by atoms with Gasteiger partial charge in [-0.2, -0.15) is 0 Å². The predicted octanol–water partition coefficient (Wildman–Crippen LogP) is 2.85. The number of aryl methyl sites for hydroxylation is 1. The molecule has 24 heavy (non-hydrogen) atoms. The molecule has 2 N–H and O–H groups in total. The van der Waals surface area contributed by atoms with E-state index >= 15 is 0 Å². The van der Waals surface area contributed by atoms with Gasteiger partial charge in [-0.15, -0.1) is 0 Å². The predicted molar refractivity (Wildman–Crippen MR) is 95.5 cm³/mol. The SMILES string of the molecule is CN=C(NCCOc1cccc(C)c1)NCc1cc(C(C)C)no1. The molecule has 130 valence electrons. The molecule has 0 spiro atoms. The van der Waals surface area contributed by atoms with Crippen LogP contribution in [0.3, 0.4) is 0 Å². The number of rotatable bonds is 7. The lowest BCUT2D eigenvalue weighted by atomic mass is 10.1. The molecule has 2 rings (SSSR count). The number of guanidine groups is 1. The zero-order chi connectivity index (χ0) is 17.4. The van der Waals surface area contributed by atoms with Crippen LogP contribution in [0.2, 0.25) is 0 Å². The van der Waals surface area contributed by atoms with E-state index in [0.29, 0.717) is 31.6 Å². The van der Waals surface area contributed by atoms with Gasteiger partial charge < -0.3 is 19.9 Å². The monoisotopic (exact) mass is 330 g/mol. The van der Waals surface area contributed by atoms with Crippen LogP contribution >= 0.6 is 0 Å². The van der Waals surface area contributed by atoms with Gasteiger partial charge in [0.1, 0.15) is 12.4 Å². The lowest BCUT2D eigenvalue weighted by Gasteiger charge is -2.11. The number of hydrogen-bond acceptors (Lipinski definition) is 4. The van der Waals surface area contributed by atoms with Gasteiger partial charge in [-0.05, 0) is 30.5 Å². The molecule has 0 bridgehead atoms. The molecular formula is C18H26N4O2. The van der Waals surface area contributed by atoms with Crippen molar-refractivity contribution in [2.45, 2.75) is 33.2 Å². The van der Waals surface area contributed by atoms with Crippen molar-refractivity contribution in [1.82, 2.24) is 15.8 Å². The number of hydrogen-bond donors (Lipinski definition) is 2. The van der Waals surface area contributed by atoms with Crippen molar-refractivity contribution in [2.24, 2.45) is 4.99 Å². The first-order chi connectivity index (χ1) is 11.6. The number of ether oxygens (including phenoxy) is 1. The maximum atomic E-state index is 5.70. The Hall–Kier alpha value is -2.50. The maximum Gasteiger partial charge on any atom is 0.191 e. The van der Waals surface area contributed by atoms with E-state index in [1.807, 2.05) is 37.3 Å². The van der Waals surface area contributed by atoms with Gasteiger partial charge >= 0.3 is 0 Å². The van der Waals surface area contributed by atoms with E-state index in [1.54, 1.807) is 7.05 Å². The average Bonchev–Trinajstić information content (AvgIpc) is 3.03. The Morgan fingerprint density at radius 3 is 2.79 bits per heavy atom. The highest BCUT2D eigenvalue weighted by Crippen LogP contribution is 2.13. The van der Waals surface area contributed by atoms with Gasteiger partial charge in [-0.1, -0.05) is 31.1 Å². The Labute approximate surface area is 143 Å². The number of nitrogens with one attached hydrogen (secondary N) is 2. The third kappa shape index (κ3) is 5.61. The third-order valence-corrected chi connectivity index (χ3v) is 3.48. The van der Waals surface area contributed by atoms with Crippen molar-refractivity contribution in [3.05, 3.63) is 47.3 Å². The summed E-state index contributed by atoms with van der Waals surface area (Å²) in [6.07, 6.45) is 0. The number of aromatic nitrogens is 1. The fourth-order valence-corrected chi connectivity index (χ4v) is 2.12. The minimum absolute atomic E-state index is 0.360. The van der Waals surface area contributed by atoms with Gasteiger partial charge in [-0.25, -0.2) is 0 Å². The molecule has 0 atom stereocenters. The molecule has 1 aromatic heterocycles. The first-order valence-electron chi connectivity index (χ1n) is 8.18. The molecule has 0 amide bonds. The zero-order valence-corrected chi connectivity index (χ0v) is 14.8. The molecule has 6 heteroatoms. The van der Waals surface area contributed by atoms with E-state index in [9.17, 15) is 0 Å². The van der Waals surface area contributed by atoms with Gasteiger partial charge in [0.15, 0.2) is 11.7 Å². The van der Waals surface area contributed by atoms with Crippen LogP contribution in [0.4, 0.5) is 0 Å². The summed E-state index contributed by atoms with van der Waals surface area (Å²) in [5.41, 5.74) is 2.15. The molecule has 0 aliphatic carbocycles. The second-order valence-corrected chi connectivity index (χ2v) is 5.89. The lowest BCUT2D eigenvalue weighted by Crippen LogP contribution is -2.38. The molecule has 0 saturated heterocycles. The van der Waals surface area contributed by atoms with Crippen LogP contribution in [0.1, 0.15) is 36.8 Å². The maximum absolute atomic E-state index is 5.70. The Kier molecular flexibility index (Phi) is 6.66. The normalized spacial score (nSPS) is 11.6. The summed E-state index contributed by atoms with van der Waals surface area (Å²) in [5, 5.41) is 10.4. The Morgan fingerprint density at radius 2 is 2.12 bits per heavy atom. The van der Waals surface area contributed by atoms with Gasteiger partial charge in [0, 0.05) is 13.1 Å². The van der Waals surface area contributed by atoms with E-state index < -0.39 is 0 Å². The number of benzene rings is 1. The second-order valence-electron chi connectivity index (χ2n) is 5.89. The third-order valence-electron chi connectivity index (χ3n) is 3.48. The lowest BCUT2D eigenvalue weighted by molar-refractivity contribution is 0.321. The standard InChI is InChI=1S/C18H26N4O2/c1-13(2)17-11-16(24-22-17)12-21-18(19-4)20-8-9-23-15-7-5-6-14(3)10-15/h5-7,10-11,13H,8-9,12H2,1-4H3,(H2,19,20,21). The summed E-state index contributed by atoms with van der Waals surface area (Å²) in [5.74, 6) is 2.73. The second kappa shape index (κ2) is 8.96. The quantitative estimate of drug-likeness (QED) is 0.464.